The zero-order valence-corrected chi connectivity index (χ0v) is 19.8. The first-order valence-electron chi connectivity index (χ1n) is 11.3. The Balaban J connectivity index is 1.24. The van der Waals surface area contributed by atoms with Crippen molar-refractivity contribution in [3.8, 4) is 0 Å². The highest BCUT2D eigenvalue weighted by Gasteiger charge is 2.57. The van der Waals surface area contributed by atoms with E-state index in [1.807, 2.05) is 0 Å². The zero-order chi connectivity index (χ0) is 21.0. The minimum absolute atomic E-state index is 0.0553. The number of sulfonamides is 1. The molecule has 4 aliphatic carbocycles. The molecule has 1 aromatic carbocycles. The third-order valence-corrected chi connectivity index (χ3v) is 10.6. The van der Waals surface area contributed by atoms with Crippen LogP contribution >= 0.6 is 15.9 Å². The Kier molecular flexibility index (Phi) is 5.30. The summed E-state index contributed by atoms with van der Waals surface area (Å²) in [6.07, 6.45) is 10.8. The van der Waals surface area contributed by atoms with Gasteiger partial charge in [-0.15, -0.1) is 0 Å². The van der Waals surface area contributed by atoms with Gasteiger partial charge < -0.3 is 5.32 Å². The lowest BCUT2D eigenvalue weighted by Crippen LogP contribution is -2.53. The normalized spacial score (nSPS) is 36.0. The topological polar surface area (TPSA) is 66.5 Å². The average molecular weight is 495 g/mol. The van der Waals surface area contributed by atoms with Gasteiger partial charge in [-0.3, -0.25) is 4.79 Å². The molecule has 1 heterocycles. The fraction of sp³-hybridized carbons (Fsp3) is 0.696. The number of nitrogens with one attached hydrogen (secondary N) is 1. The first kappa shape index (κ1) is 21.0. The molecular weight excluding hydrogens is 464 g/mol. The summed E-state index contributed by atoms with van der Waals surface area (Å²) in [5.41, 5.74) is 0.811. The first-order chi connectivity index (χ1) is 14.3. The SMILES string of the molecule is O=C(CC12CC3CC(CC(Br)(C3)C1)C2)Nc1ccc(S(=O)(=O)N2CCCCC2)cc1. The van der Waals surface area contributed by atoms with Crippen LogP contribution in [-0.2, 0) is 14.8 Å². The molecule has 0 aromatic heterocycles. The Bertz CT molecular complexity index is 910. The van der Waals surface area contributed by atoms with Gasteiger partial charge in [0.05, 0.1) is 4.90 Å². The summed E-state index contributed by atoms with van der Waals surface area (Å²) in [5.74, 6) is 1.58. The van der Waals surface area contributed by atoms with Gasteiger partial charge in [0, 0.05) is 29.5 Å². The maximum atomic E-state index is 12.9. The van der Waals surface area contributed by atoms with Crippen LogP contribution in [0, 0.1) is 17.3 Å². The van der Waals surface area contributed by atoms with Crippen LogP contribution in [-0.4, -0.2) is 36.0 Å². The van der Waals surface area contributed by atoms with Crippen molar-refractivity contribution in [2.75, 3.05) is 18.4 Å². The second-order valence-electron chi connectivity index (χ2n) is 10.3. The van der Waals surface area contributed by atoms with Crippen molar-refractivity contribution >= 4 is 37.5 Å². The van der Waals surface area contributed by atoms with E-state index in [1.165, 1.54) is 32.1 Å². The van der Waals surface area contributed by atoms with E-state index in [0.29, 0.717) is 30.1 Å². The quantitative estimate of drug-likeness (QED) is 0.590. The van der Waals surface area contributed by atoms with E-state index in [4.69, 9.17) is 0 Å². The number of rotatable bonds is 5. The molecule has 5 aliphatic rings. The Morgan fingerprint density at radius 2 is 1.67 bits per heavy atom. The molecule has 5 nitrogen and oxygen atoms in total. The van der Waals surface area contributed by atoms with Crippen LogP contribution in [0.2, 0.25) is 0 Å². The van der Waals surface area contributed by atoms with Crippen LogP contribution in [0.5, 0.6) is 0 Å². The van der Waals surface area contributed by atoms with Gasteiger partial charge in [0.15, 0.2) is 0 Å². The number of benzene rings is 1. The van der Waals surface area contributed by atoms with Gasteiger partial charge in [-0.05, 0) is 92.9 Å². The minimum atomic E-state index is -3.43. The summed E-state index contributed by atoms with van der Waals surface area (Å²) in [7, 11) is -3.43. The van der Waals surface area contributed by atoms with Crippen molar-refractivity contribution in [2.24, 2.45) is 17.3 Å². The van der Waals surface area contributed by atoms with E-state index in [9.17, 15) is 13.2 Å². The summed E-state index contributed by atoms with van der Waals surface area (Å²) in [6.45, 7) is 1.19. The number of anilines is 1. The molecular formula is C23H31BrN2O3S. The molecule has 4 saturated carbocycles. The number of hydrogen-bond acceptors (Lipinski definition) is 3. The van der Waals surface area contributed by atoms with Crippen LogP contribution in [0.4, 0.5) is 5.69 Å². The van der Waals surface area contributed by atoms with Crippen molar-refractivity contribution in [1.29, 1.82) is 0 Å². The van der Waals surface area contributed by atoms with E-state index in [0.717, 1.165) is 37.5 Å². The number of carbonyl (C=O) groups is 1. The molecule has 164 valence electrons. The lowest BCUT2D eigenvalue weighted by molar-refractivity contribution is -0.123. The molecule has 0 radical (unpaired) electrons. The Morgan fingerprint density at radius 3 is 2.27 bits per heavy atom. The summed E-state index contributed by atoms with van der Waals surface area (Å²) < 4.78 is 27.4. The second kappa shape index (κ2) is 7.59. The number of alkyl halides is 1. The van der Waals surface area contributed by atoms with Crippen LogP contribution in [0.3, 0.4) is 0 Å². The van der Waals surface area contributed by atoms with Crippen LogP contribution in [0.25, 0.3) is 0 Å². The summed E-state index contributed by atoms with van der Waals surface area (Å²) >= 11 is 4.02. The fourth-order valence-corrected chi connectivity index (χ4v) is 10.1. The molecule has 1 aromatic rings. The van der Waals surface area contributed by atoms with Crippen LogP contribution in [0.1, 0.15) is 64.2 Å². The Morgan fingerprint density at radius 1 is 1.03 bits per heavy atom. The third kappa shape index (κ3) is 3.97. The highest BCUT2D eigenvalue weighted by atomic mass is 79.9. The monoisotopic (exact) mass is 494 g/mol. The smallest absolute Gasteiger partial charge is 0.243 e. The lowest BCUT2D eigenvalue weighted by Gasteiger charge is -2.60. The van der Waals surface area contributed by atoms with Gasteiger partial charge >= 0.3 is 0 Å². The van der Waals surface area contributed by atoms with E-state index < -0.39 is 10.0 Å². The fourth-order valence-electron chi connectivity index (χ4n) is 7.05. The standard InChI is InChI=1S/C23H31BrN2O3S/c24-23-13-17-10-18(14-23)12-22(11-17,16-23)15-21(27)25-19-4-6-20(7-5-19)30(28,29)26-8-2-1-3-9-26/h4-7,17-18H,1-3,8-16H2,(H,25,27). The van der Waals surface area contributed by atoms with Crippen molar-refractivity contribution in [3.05, 3.63) is 24.3 Å². The molecule has 0 spiro atoms. The van der Waals surface area contributed by atoms with Gasteiger partial charge in [-0.25, -0.2) is 8.42 Å². The first-order valence-corrected chi connectivity index (χ1v) is 13.6. The number of halogens is 1. The molecule has 1 aliphatic heterocycles. The van der Waals surface area contributed by atoms with Crippen LogP contribution in [0.15, 0.2) is 29.2 Å². The average Bonchev–Trinajstić information content (AvgIpc) is 2.66. The highest BCUT2D eigenvalue weighted by Crippen LogP contribution is 2.65. The van der Waals surface area contributed by atoms with E-state index in [-0.39, 0.29) is 15.6 Å². The maximum absolute atomic E-state index is 12.9. The number of hydrogen-bond donors (Lipinski definition) is 1. The minimum Gasteiger partial charge on any atom is -0.326 e. The highest BCUT2D eigenvalue weighted by molar-refractivity contribution is 9.10. The third-order valence-electron chi connectivity index (χ3n) is 7.74. The van der Waals surface area contributed by atoms with Crippen molar-refractivity contribution < 1.29 is 13.2 Å². The number of nitrogens with zero attached hydrogens (tertiary/aromatic N) is 1. The molecule has 2 atom stereocenters. The van der Waals surface area contributed by atoms with Gasteiger partial charge in [-0.1, -0.05) is 22.4 Å². The largest absolute Gasteiger partial charge is 0.326 e. The molecule has 1 saturated heterocycles. The van der Waals surface area contributed by atoms with Gasteiger partial charge in [0.2, 0.25) is 15.9 Å². The molecule has 7 heteroatoms. The summed E-state index contributed by atoms with van der Waals surface area (Å²) in [5, 5.41) is 3.02. The predicted octanol–water partition coefficient (Wildman–Crippen LogP) is 4.92. The van der Waals surface area contributed by atoms with E-state index in [2.05, 4.69) is 21.2 Å². The molecule has 6 rings (SSSR count). The second-order valence-corrected chi connectivity index (χ2v) is 13.9. The number of carbonyl (C=O) groups excluding carboxylic acids is 1. The molecule has 4 bridgehead atoms. The molecule has 30 heavy (non-hydrogen) atoms. The van der Waals surface area contributed by atoms with Crippen molar-refractivity contribution in [2.45, 2.75) is 73.4 Å². The van der Waals surface area contributed by atoms with E-state index >= 15 is 0 Å². The van der Waals surface area contributed by atoms with Crippen LogP contribution < -0.4 is 5.32 Å². The van der Waals surface area contributed by atoms with Gasteiger partial charge in [0.25, 0.3) is 0 Å². The summed E-state index contributed by atoms with van der Waals surface area (Å²) in [4.78, 5) is 13.2. The van der Waals surface area contributed by atoms with Gasteiger partial charge in [0.1, 0.15) is 0 Å². The Hall–Kier alpha value is -0.920. The molecule has 2 unspecified atom stereocenters. The van der Waals surface area contributed by atoms with E-state index in [1.54, 1.807) is 28.6 Å². The number of amides is 1. The Labute approximate surface area is 188 Å². The zero-order valence-electron chi connectivity index (χ0n) is 17.4. The number of piperidine rings is 1. The van der Waals surface area contributed by atoms with Crippen molar-refractivity contribution in [3.63, 3.8) is 0 Å². The maximum Gasteiger partial charge on any atom is 0.243 e. The molecule has 5 fully saturated rings. The van der Waals surface area contributed by atoms with Crippen molar-refractivity contribution in [1.82, 2.24) is 4.31 Å². The molecule has 1 N–H and O–H groups in total. The van der Waals surface area contributed by atoms with Gasteiger partial charge in [-0.2, -0.15) is 4.31 Å². The predicted molar refractivity (Wildman–Crippen MR) is 121 cm³/mol. The summed E-state index contributed by atoms with van der Waals surface area (Å²) in [6, 6.07) is 6.69. The molecule has 1 amide bonds. The lowest BCUT2D eigenvalue weighted by atomic mass is 9.48.